The summed E-state index contributed by atoms with van der Waals surface area (Å²) in [5, 5.41) is 13.7. The van der Waals surface area contributed by atoms with Crippen LogP contribution >= 0.6 is 0 Å². The van der Waals surface area contributed by atoms with Crippen LogP contribution in [0.15, 0.2) is 12.4 Å². The quantitative estimate of drug-likeness (QED) is 0.827. The summed E-state index contributed by atoms with van der Waals surface area (Å²) in [6.07, 6.45) is 2.19. The molecule has 2 aromatic rings. The standard InChI is InChI=1S/C11H15N7O3/c1-3-21-11(20)14-9-5-17(16-15-9)6-10(19)18-7(2)8(12)4-13-18/h4-5H,3,6,12H2,1-2H3,(H,14,20). The summed E-state index contributed by atoms with van der Waals surface area (Å²) in [7, 11) is 0. The Balaban J connectivity index is 2.01. The minimum Gasteiger partial charge on any atom is -0.450 e. The van der Waals surface area contributed by atoms with Crippen molar-refractivity contribution in [1.82, 2.24) is 24.8 Å². The van der Waals surface area contributed by atoms with Crippen molar-refractivity contribution < 1.29 is 14.3 Å². The summed E-state index contributed by atoms with van der Waals surface area (Å²) in [5.41, 5.74) is 6.62. The Morgan fingerprint density at radius 2 is 2.24 bits per heavy atom. The van der Waals surface area contributed by atoms with Crippen molar-refractivity contribution in [2.45, 2.75) is 20.4 Å². The lowest BCUT2D eigenvalue weighted by atomic mass is 10.4. The maximum absolute atomic E-state index is 12.0. The zero-order chi connectivity index (χ0) is 15.4. The molecule has 21 heavy (non-hydrogen) atoms. The molecule has 0 fully saturated rings. The van der Waals surface area contributed by atoms with Gasteiger partial charge in [-0.3, -0.25) is 10.1 Å². The Hall–Kier alpha value is -2.91. The highest BCUT2D eigenvalue weighted by molar-refractivity contribution is 5.83. The van der Waals surface area contributed by atoms with E-state index in [1.807, 2.05) is 0 Å². The van der Waals surface area contributed by atoms with Crippen molar-refractivity contribution in [1.29, 1.82) is 0 Å². The van der Waals surface area contributed by atoms with Gasteiger partial charge in [-0.05, 0) is 13.8 Å². The maximum Gasteiger partial charge on any atom is 0.412 e. The highest BCUT2D eigenvalue weighted by atomic mass is 16.5. The molecule has 0 saturated carbocycles. The van der Waals surface area contributed by atoms with Gasteiger partial charge in [-0.25, -0.2) is 14.2 Å². The van der Waals surface area contributed by atoms with Crippen molar-refractivity contribution in [3.8, 4) is 0 Å². The molecule has 0 radical (unpaired) electrons. The molecule has 1 amide bonds. The molecule has 0 spiro atoms. The molecule has 0 aliphatic heterocycles. The number of nitrogen functional groups attached to an aromatic ring is 1. The molecule has 0 aliphatic rings. The van der Waals surface area contributed by atoms with Crippen LogP contribution in [-0.4, -0.2) is 43.4 Å². The van der Waals surface area contributed by atoms with Gasteiger partial charge in [0.1, 0.15) is 6.54 Å². The fourth-order valence-electron chi connectivity index (χ4n) is 1.58. The van der Waals surface area contributed by atoms with Gasteiger partial charge in [0.2, 0.25) is 0 Å². The van der Waals surface area contributed by atoms with Gasteiger partial charge in [-0.1, -0.05) is 5.21 Å². The highest BCUT2D eigenvalue weighted by Gasteiger charge is 2.13. The number of nitrogens with zero attached hydrogens (tertiary/aromatic N) is 5. The summed E-state index contributed by atoms with van der Waals surface area (Å²) in [5.74, 6) is -0.130. The number of hydrogen-bond acceptors (Lipinski definition) is 7. The number of carbonyl (C=O) groups excluding carboxylic acids is 2. The van der Waals surface area contributed by atoms with Crippen molar-refractivity contribution in [2.75, 3.05) is 17.7 Å². The second-order valence-electron chi connectivity index (χ2n) is 4.14. The van der Waals surface area contributed by atoms with Crippen molar-refractivity contribution >= 4 is 23.5 Å². The number of carbonyl (C=O) groups is 2. The Morgan fingerprint density at radius 1 is 1.48 bits per heavy atom. The summed E-state index contributed by atoms with van der Waals surface area (Å²) < 4.78 is 7.17. The van der Waals surface area contributed by atoms with Crippen molar-refractivity contribution in [3.63, 3.8) is 0 Å². The van der Waals surface area contributed by atoms with Crippen LogP contribution in [0.5, 0.6) is 0 Å². The van der Waals surface area contributed by atoms with E-state index in [0.29, 0.717) is 11.4 Å². The number of nitrogens with one attached hydrogen (secondary N) is 1. The first-order valence-corrected chi connectivity index (χ1v) is 6.18. The lowest BCUT2D eigenvalue weighted by Crippen LogP contribution is -2.20. The minimum atomic E-state index is -0.633. The molecule has 2 heterocycles. The monoisotopic (exact) mass is 293 g/mol. The summed E-state index contributed by atoms with van der Waals surface area (Å²) in [6.45, 7) is 3.54. The molecule has 112 valence electrons. The molecule has 0 bridgehead atoms. The first kappa shape index (κ1) is 14.5. The molecular formula is C11H15N7O3. The van der Waals surface area contributed by atoms with Crippen LogP contribution in [-0.2, 0) is 11.3 Å². The normalized spacial score (nSPS) is 10.4. The van der Waals surface area contributed by atoms with E-state index in [-0.39, 0.29) is 24.9 Å². The average molecular weight is 293 g/mol. The molecule has 10 heteroatoms. The smallest absolute Gasteiger partial charge is 0.412 e. The third kappa shape index (κ3) is 3.35. The fourth-order valence-corrected chi connectivity index (χ4v) is 1.58. The predicted octanol–water partition coefficient (Wildman–Crippen LogP) is 0.274. The van der Waals surface area contributed by atoms with E-state index in [0.717, 1.165) is 0 Å². The first-order chi connectivity index (χ1) is 10.0. The molecular weight excluding hydrogens is 278 g/mol. The largest absolute Gasteiger partial charge is 0.450 e. The minimum absolute atomic E-state index is 0.0839. The average Bonchev–Trinajstić information content (AvgIpc) is 2.98. The molecule has 0 atom stereocenters. The number of ether oxygens (including phenoxy) is 1. The van der Waals surface area contributed by atoms with E-state index in [9.17, 15) is 9.59 Å². The van der Waals surface area contributed by atoms with Gasteiger partial charge in [-0.2, -0.15) is 5.10 Å². The summed E-state index contributed by atoms with van der Waals surface area (Å²) in [6, 6.07) is 0. The van der Waals surface area contributed by atoms with Gasteiger partial charge in [0.05, 0.1) is 30.4 Å². The molecule has 2 rings (SSSR count). The first-order valence-electron chi connectivity index (χ1n) is 6.18. The third-order valence-corrected chi connectivity index (χ3v) is 2.63. The zero-order valence-corrected chi connectivity index (χ0v) is 11.6. The zero-order valence-electron chi connectivity index (χ0n) is 11.6. The van der Waals surface area contributed by atoms with Crippen LogP contribution in [0.25, 0.3) is 0 Å². The Kier molecular flexibility index (Phi) is 4.16. The molecule has 0 aromatic carbocycles. The summed E-state index contributed by atoms with van der Waals surface area (Å²) in [4.78, 5) is 23.2. The van der Waals surface area contributed by atoms with Gasteiger partial charge in [0.15, 0.2) is 5.82 Å². The molecule has 10 nitrogen and oxygen atoms in total. The second kappa shape index (κ2) is 6.03. The van der Waals surface area contributed by atoms with Gasteiger partial charge in [0, 0.05) is 0 Å². The lowest BCUT2D eigenvalue weighted by Gasteiger charge is -2.03. The van der Waals surface area contributed by atoms with Gasteiger partial charge < -0.3 is 10.5 Å². The van der Waals surface area contributed by atoms with Gasteiger partial charge in [0.25, 0.3) is 5.91 Å². The number of amides is 1. The Bertz CT molecular complexity index is 661. The van der Waals surface area contributed by atoms with Crippen LogP contribution in [0, 0.1) is 6.92 Å². The molecule has 0 saturated heterocycles. The van der Waals surface area contributed by atoms with E-state index in [2.05, 4.69) is 20.7 Å². The molecule has 3 N–H and O–H groups in total. The number of hydrogen-bond donors (Lipinski definition) is 2. The van der Waals surface area contributed by atoms with Crippen LogP contribution in [0.1, 0.15) is 17.4 Å². The van der Waals surface area contributed by atoms with E-state index < -0.39 is 6.09 Å². The number of aromatic nitrogens is 5. The van der Waals surface area contributed by atoms with Gasteiger partial charge in [-0.15, -0.1) is 5.10 Å². The molecule has 0 aliphatic carbocycles. The number of anilines is 2. The predicted molar refractivity (Wildman–Crippen MR) is 72.7 cm³/mol. The van der Waals surface area contributed by atoms with Gasteiger partial charge >= 0.3 is 6.09 Å². The SMILES string of the molecule is CCOC(=O)Nc1cn(CC(=O)n2ncc(N)c2C)nn1. The number of rotatable bonds is 4. The van der Waals surface area contributed by atoms with Crippen molar-refractivity contribution in [3.05, 3.63) is 18.1 Å². The number of nitrogens with two attached hydrogens (primary N) is 1. The van der Waals surface area contributed by atoms with E-state index in [1.54, 1.807) is 13.8 Å². The topological polar surface area (TPSA) is 130 Å². The van der Waals surface area contributed by atoms with E-state index in [4.69, 9.17) is 10.5 Å². The third-order valence-electron chi connectivity index (χ3n) is 2.63. The Labute approximate surface area is 119 Å². The van der Waals surface area contributed by atoms with Crippen molar-refractivity contribution in [2.24, 2.45) is 0 Å². The highest BCUT2D eigenvalue weighted by Crippen LogP contribution is 2.09. The lowest BCUT2D eigenvalue weighted by molar-refractivity contribution is 0.0867. The second-order valence-corrected chi connectivity index (χ2v) is 4.14. The van der Waals surface area contributed by atoms with E-state index >= 15 is 0 Å². The summed E-state index contributed by atoms with van der Waals surface area (Å²) >= 11 is 0. The van der Waals surface area contributed by atoms with Crippen LogP contribution in [0.2, 0.25) is 0 Å². The van der Waals surface area contributed by atoms with Crippen LogP contribution in [0.4, 0.5) is 16.3 Å². The van der Waals surface area contributed by atoms with E-state index in [1.165, 1.54) is 21.8 Å². The van der Waals surface area contributed by atoms with Crippen LogP contribution < -0.4 is 11.1 Å². The Morgan fingerprint density at radius 3 is 2.86 bits per heavy atom. The fraction of sp³-hybridized carbons (Fsp3) is 0.364. The maximum atomic E-state index is 12.0. The van der Waals surface area contributed by atoms with Crippen LogP contribution in [0.3, 0.4) is 0 Å². The molecule has 2 aromatic heterocycles. The molecule has 0 unspecified atom stereocenters.